The van der Waals surface area contributed by atoms with Gasteiger partial charge in [-0.2, -0.15) is 4.58 Å². The van der Waals surface area contributed by atoms with Crippen molar-refractivity contribution < 1.29 is 9.37 Å². The van der Waals surface area contributed by atoms with Crippen molar-refractivity contribution >= 4 is 12.6 Å². The molecule has 3 rings (SSSR count). The van der Waals surface area contributed by atoms with Gasteiger partial charge in [0.2, 0.25) is 0 Å². The number of hydrogen-bond donors (Lipinski definition) is 0. The van der Waals surface area contributed by atoms with Gasteiger partial charge in [-0.25, -0.2) is 4.79 Å². The van der Waals surface area contributed by atoms with E-state index in [9.17, 15) is 4.79 Å². The van der Waals surface area contributed by atoms with Crippen LogP contribution < -0.4 is 0 Å². The lowest BCUT2D eigenvalue weighted by Crippen LogP contribution is -2.37. The molecular formula is C16H20NO+. The van der Waals surface area contributed by atoms with E-state index in [-0.39, 0.29) is 0 Å². The Morgan fingerprint density at radius 3 is 2.50 bits per heavy atom. The van der Waals surface area contributed by atoms with Crippen LogP contribution in [0.3, 0.4) is 0 Å². The van der Waals surface area contributed by atoms with Crippen LogP contribution in [-0.4, -0.2) is 23.2 Å². The summed E-state index contributed by atoms with van der Waals surface area (Å²) in [5.74, 6) is 2.20. The average molecular weight is 242 g/mol. The maximum atomic E-state index is 11.4. The lowest BCUT2D eigenvalue weighted by molar-refractivity contribution is -0.487. The highest BCUT2D eigenvalue weighted by molar-refractivity contribution is 5.77. The predicted molar refractivity (Wildman–Crippen MR) is 71.7 cm³/mol. The van der Waals surface area contributed by atoms with Gasteiger partial charge in [0.1, 0.15) is 0 Å². The molecule has 1 aromatic rings. The number of rotatable bonds is 3. The minimum Gasteiger partial charge on any atom is -0.223 e. The number of amides is 1. The summed E-state index contributed by atoms with van der Waals surface area (Å²) in [6.07, 6.45) is 7.00. The van der Waals surface area contributed by atoms with Crippen molar-refractivity contribution in [3.63, 3.8) is 0 Å². The molecule has 18 heavy (non-hydrogen) atoms. The van der Waals surface area contributed by atoms with Crippen molar-refractivity contribution in [2.75, 3.05) is 0 Å². The van der Waals surface area contributed by atoms with Crippen molar-refractivity contribution in [2.24, 2.45) is 17.8 Å². The molecule has 2 fully saturated rings. The number of fused-ring (bicyclic) bond motifs is 2. The largest absolute Gasteiger partial charge is 0.375 e. The third kappa shape index (κ3) is 1.90. The van der Waals surface area contributed by atoms with Gasteiger partial charge in [0.05, 0.1) is 0 Å². The molecule has 2 aliphatic carbocycles. The lowest BCUT2D eigenvalue weighted by Gasteiger charge is -2.23. The number of hydrogen-bond acceptors (Lipinski definition) is 1. The van der Waals surface area contributed by atoms with Crippen LogP contribution >= 0.6 is 0 Å². The van der Waals surface area contributed by atoms with Crippen LogP contribution in [0, 0.1) is 17.8 Å². The number of benzene rings is 1. The first-order chi connectivity index (χ1) is 8.79. The maximum Gasteiger partial charge on any atom is 0.375 e. The fourth-order valence-corrected chi connectivity index (χ4v) is 3.96. The summed E-state index contributed by atoms with van der Waals surface area (Å²) in [6.45, 7) is 2.31. The zero-order valence-electron chi connectivity index (χ0n) is 10.8. The molecule has 0 N–H and O–H groups in total. The molecule has 4 unspecified atom stereocenters. The molecule has 2 heteroatoms. The quantitative estimate of drug-likeness (QED) is 0.453. The molecule has 0 heterocycles. The molecule has 4 atom stereocenters. The van der Waals surface area contributed by atoms with Gasteiger partial charge in [0, 0.05) is 17.4 Å². The van der Waals surface area contributed by atoms with Crippen LogP contribution in [0.4, 0.5) is 0 Å². The lowest BCUT2D eigenvalue weighted by atomic mass is 9.85. The Labute approximate surface area is 108 Å². The molecule has 2 bridgehead atoms. The highest BCUT2D eigenvalue weighted by atomic mass is 16.1. The predicted octanol–water partition coefficient (Wildman–Crippen LogP) is 2.71. The molecular weight excluding hydrogens is 222 g/mol. The summed E-state index contributed by atoms with van der Waals surface area (Å²) in [5, 5.41) is 0. The third-order valence-electron chi connectivity index (χ3n) is 4.84. The normalized spacial score (nSPS) is 34.8. The summed E-state index contributed by atoms with van der Waals surface area (Å²) in [4.78, 5) is 11.4. The number of nitrogens with zero attached hydrogens (tertiary/aromatic N) is 1. The first kappa shape index (κ1) is 11.6. The fraction of sp³-hybridized carbons (Fsp3) is 0.500. The maximum absolute atomic E-state index is 11.4. The molecule has 2 nitrogen and oxygen atoms in total. The van der Waals surface area contributed by atoms with E-state index in [2.05, 4.69) is 6.92 Å². The Morgan fingerprint density at radius 1 is 1.17 bits per heavy atom. The van der Waals surface area contributed by atoms with Gasteiger partial charge in [0.15, 0.2) is 12.3 Å². The summed E-state index contributed by atoms with van der Waals surface area (Å²) in [6, 6.07) is 10.5. The van der Waals surface area contributed by atoms with Crippen LogP contribution in [0.2, 0.25) is 0 Å². The van der Waals surface area contributed by atoms with Gasteiger partial charge in [-0.3, -0.25) is 0 Å². The molecule has 2 aliphatic rings. The zero-order valence-corrected chi connectivity index (χ0v) is 10.8. The fourth-order valence-electron chi connectivity index (χ4n) is 3.96. The van der Waals surface area contributed by atoms with Crippen LogP contribution in [-0.2, 0) is 4.79 Å². The van der Waals surface area contributed by atoms with E-state index in [1.165, 1.54) is 19.3 Å². The van der Waals surface area contributed by atoms with Crippen LogP contribution in [0.15, 0.2) is 30.3 Å². The highest BCUT2D eigenvalue weighted by Gasteiger charge is 2.51. The van der Waals surface area contributed by atoms with Gasteiger partial charge in [-0.1, -0.05) is 25.1 Å². The zero-order chi connectivity index (χ0) is 12.5. The minimum absolute atomic E-state index is 0.418. The molecule has 0 aliphatic heterocycles. The van der Waals surface area contributed by atoms with Crippen molar-refractivity contribution in [3.05, 3.63) is 35.9 Å². The van der Waals surface area contributed by atoms with E-state index < -0.39 is 0 Å². The first-order valence-electron chi connectivity index (χ1n) is 6.92. The van der Waals surface area contributed by atoms with Crippen LogP contribution in [0.25, 0.3) is 0 Å². The standard InChI is InChI=1S/C16H20NO/c1-12-14-7-8-15(9-14)16(12)17(11-18)10-13-5-3-2-4-6-13/h2-6,10-12,14-16H,7-9H2,1H3/q+1. The van der Waals surface area contributed by atoms with Gasteiger partial charge in [0.25, 0.3) is 0 Å². The Morgan fingerprint density at radius 2 is 1.89 bits per heavy atom. The summed E-state index contributed by atoms with van der Waals surface area (Å²) in [5.41, 5.74) is 1.11. The van der Waals surface area contributed by atoms with E-state index in [0.717, 1.165) is 23.8 Å². The van der Waals surface area contributed by atoms with E-state index in [4.69, 9.17) is 0 Å². The summed E-state index contributed by atoms with van der Waals surface area (Å²) in [7, 11) is 0. The molecule has 94 valence electrons. The Kier molecular flexibility index (Phi) is 3.02. The Hall–Kier alpha value is -1.44. The van der Waals surface area contributed by atoms with E-state index in [0.29, 0.717) is 12.0 Å². The smallest absolute Gasteiger partial charge is 0.223 e. The van der Waals surface area contributed by atoms with Crippen LogP contribution in [0.5, 0.6) is 0 Å². The third-order valence-corrected chi connectivity index (χ3v) is 4.84. The molecule has 0 spiro atoms. The van der Waals surface area contributed by atoms with E-state index in [1.54, 1.807) is 0 Å². The SMILES string of the molecule is CC1C2CCC(C2)C1[N+](C=O)=Cc1ccccc1. The van der Waals surface area contributed by atoms with Gasteiger partial charge in [-0.15, -0.1) is 0 Å². The molecule has 2 saturated carbocycles. The number of carbonyl (C=O) groups is 1. The van der Waals surface area contributed by atoms with Gasteiger partial charge in [-0.05, 0) is 37.3 Å². The summed E-state index contributed by atoms with van der Waals surface area (Å²) >= 11 is 0. The highest BCUT2D eigenvalue weighted by Crippen LogP contribution is 2.49. The van der Waals surface area contributed by atoms with Crippen molar-refractivity contribution in [1.82, 2.24) is 0 Å². The average Bonchev–Trinajstić information content (AvgIpc) is 2.98. The Bertz CT molecular complexity index is 463. The number of carbonyl (C=O) groups excluding carboxylic acids is 1. The molecule has 1 aromatic carbocycles. The van der Waals surface area contributed by atoms with Crippen LogP contribution in [0.1, 0.15) is 31.7 Å². The second-order valence-electron chi connectivity index (χ2n) is 5.78. The molecule has 0 radical (unpaired) electrons. The molecule has 0 aromatic heterocycles. The van der Waals surface area contributed by atoms with Gasteiger partial charge >= 0.3 is 6.41 Å². The Balaban J connectivity index is 1.89. The topological polar surface area (TPSA) is 20.1 Å². The monoisotopic (exact) mass is 242 g/mol. The molecule has 1 amide bonds. The van der Waals surface area contributed by atoms with Crippen molar-refractivity contribution in [1.29, 1.82) is 0 Å². The minimum atomic E-state index is 0.418. The summed E-state index contributed by atoms with van der Waals surface area (Å²) < 4.78 is 1.92. The molecule has 0 saturated heterocycles. The van der Waals surface area contributed by atoms with Crippen molar-refractivity contribution in [2.45, 2.75) is 32.2 Å². The van der Waals surface area contributed by atoms with Gasteiger partial charge < -0.3 is 0 Å². The van der Waals surface area contributed by atoms with E-state index in [1.807, 2.05) is 41.1 Å². The van der Waals surface area contributed by atoms with E-state index >= 15 is 0 Å². The van der Waals surface area contributed by atoms with Crippen molar-refractivity contribution in [3.8, 4) is 0 Å². The second-order valence-corrected chi connectivity index (χ2v) is 5.78. The second kappa shape index (κ2) is 4.68. The first-order valence-corrected chi connectivity index (χ1v) is 6.92.